The van der Waals surface area contributed by atoms with Crippen LogP contribution in [0, 0.1) is 0 Å². The van der Waals surface area contributed by atoms with Crippen LogP contribution < -0.4 is 14.4 Å². The molecule has 34 heavy (non-hydrogen) atoms. The van der Waals surface area contributed by atoms with E-state index >= 15 is 0 Å². The van der Waals surface area contributed by atoms with Gasteiger partial charge in [0.25, 0.3) is 0 Å². The molecular formula is C24H32ClN3O5S. The van der Waals surface area contributed by atoms with Gasteiger partial charge in [-0.3, -0.25) is 13.9 Å². The number of anilines is 1. The Kier molecular flexibility index (Phi) is 9.76. The Morgan fingerprint density at radius 2 is 1.65 bits per heavy atom. The van der Waals surface area contributed by atoms with Crippen LogP contribution in [-0.2, 0) is 26.2 Å². The first kappa shape index (κ1) is 27.5. The summed E-state index contributed by atoms with van der Waals surface area (Å²) in [6, 6.07) is 12.4. The molecule has 0 saturated carbocycles. The lowest BCUT2D eigenvalue weighted by molar-refractivity contribution is -0.139. The number of nitrogens with one attached hydrogen (secondary N) is 1. The summed E-state index contributed by atoms with van der Waals surface area (Å²) >= 11 is 5.93. The van der Waals surface area contributed by atoms with E-state index in [4.69, 9.17) is 16.3 Å². The number of rotatable bonds is 11. The molecule has 0 spiro atoms. The highest BCUT2D eigenvalue weighted by Gasteiger charge is 2.30. The Balaban J connectivity index is 2.36. The first-order valence-corrected chi connectivity index (χ1v) is 13.1. The number of carbonyl (C=O) groups excluding carboxylic acids is 2. The fraction of sp³-hybridized carbons (Fsp3) is 0.417. The van der Waals surface area contributed by atoms with Crippen molar-refractivity contribution in [3.05, 3.63) is 59.1 Å². The first-order valence-electron chi connectivity index (χ1n) is 10.9. The third-order valence-corrected chi connectivity index (χ3v) is 6.87. The first-order chi connectivity index (χ1) is 16.0. The molecule has 0 aliphatic carbocycles. The van der Waals surface area contributed by atoms with Gasteiger partial charge in [0.05, 0.1) is 19.1 Å². The van der Waals surface area contributed by atoms with Gasteiger partial charge in [0, 0.05) is 17.6 Å². The van der Waals surface area contributed by atoms with Crippen molar-refractivity contribution in [3.63, 3.8) is 0 Å². The highest BCUT2D eigenvalue weighted by Crippen LogP contribution is 2.22. The summed E-state index contributed by atoms with van der Waals surface area (Å²) in [5, 5.41) is 3.34. The van der Waals surface area contributed by atoms with Crippen molar-refractivity contribution in [2.24, 2.45) is 0 Å². The molecule has 2 amide bonds. The molecule has 2 aromatic carbocycles. The van der Waals surface area contributed by atoms with Gasteiger partial charge in [-0.2, -0.15) is 0 Å². The molecule has 10 heteroatoms. The number of nitrogens with zero attached hydrogens (tertiary/aromatic N) is 2. The Morgan fingerprint density at radius 3 is 2.15 bits per heavy atom. The van der Waals surface area contributed by atoms with E-state index in [2.05, 4.69) is 5.32 Å². The summed E-state index contributed by atoms with van der Waals surface area (Å²) < 4.78 is 31.2. The molecule has 0 unspecified atom stereocenters. The topological polar surface area (TPSA) is 96.0 Å². The second kappa shape index (κ2) is 12.1. The van der Waals surface area contributed by atoms with E-state index in [1.54, 1.807) is 50.4 Å². The van der Waals surface area contributed by atoms with Crippen LogP contribution >= 0.6 is 11.6 Å². The molecule has 2 aromatic rings. The van der Waals surface area contributed by atoms with E-state index in [0.717, 1.165) is 22.5 Å². The highest BCUT2D eigenvalue weighted by molar-refractivity contribution is 7.92. The van der Waals surface area contributed by atoms with E-state index in [1.165, 1.54) is 17.0 Å². The van der Waals surface area contributed by atoms with Crippen LogP contribution in [0.1, 0.15) is 32.8 Å². The van der Waals surface area contributed by atoms with Crippen molar-refractivity contribution >= 4 is 39.1 Å². The van der Waals surface area contributed by atoms with Gasteiger partial charge in [-0.15, -0.1) is 0 Å². The quantitative estimate of drug-likeness (QED) is 0.500. The van der Waals surface area contributed by atoms with Crippen molar-refractivity contribution in [1.82, 2.24) is 10.2 Å². The molecule has 0 aromatic heterocycles. The second-order valence-electron chi connectivity index (χ2n) is 8.11. The number of benzene rings is 2. The van der Waals surface area contributed by atoms with E-state index in [0.29, 0.717) is 16.5 Å². The smallest absolute Gasteiger partial charge is 0.244 e. The molecule has 1 N–H and O–H groups in total. The number of hydrogen-bond acceptors (Lipinski definition) is 5. The monoisotopic (exact) mass is 509 g/mol. The van der Waals surface area contributed by atoms with Gasteiger partial charge >= 0.3 is 0 Å². The summed E-state index contributed by atoms with van der Waals surface area (Å²) in [5.41, 5.74) is 1.08. The van der Waals surface area contributed by atoms with Crippen LogP contribution in [0.5, 0.6) is 5.75 Å². The SMILES string of the molecule is CC[C@H](C)NC(=O)[C@H](C)N(Cc1ccc(OC)cc1)C(=O)CN(c1ccc(Cl)cc1)S(C)(=O)=O. The van der Waals surface area contributed by atoms with Crippen molar-refractivity contribution < 1.29 is 22.7 Å². The summed E-state index contributed by atoms with van der Waals surface area (Å²) in [4.78, 5) is 27.7. The average Bonchev–Trinajstić information content (AvgIpc) is 2.80. The van der Waals surface area contributed by atoms with Crippen molar-refractivity contribution in [3.8, 4) is 5.75 Å². The zero-order valence-electron chi connectivity index (χ0n) is 20.1. The lowest BCUT2D eigenvalue weighted by Gasteiger charge is -2.32. The number of hydrogen-bond donors (Lipinski definition) is 1. The third-order valence-electron chi connectivity index (χ3n) is 5.47. The molecule has 0 fully saturated rings. The van der Waals surface area contributed by atoms with Crippen molar-refractivity contribution in [2.75, 3.05) is 24.2 Å². The minimum Gasteiger partial charge on any atom is -0.497 e. The maximum atomic E-state index is 13.5. The van der Waals surface area contributed by atoms with Gasteiger partial charge in [0.2, 0.25) is 21.8 Å². The highest BCUT2D eigenvalue weighted by atomic mass is 35.5. The number of sulfonamides is 1. The van der Waals surface area contributed by atoms with Crippen LogP contribution in [0.2, 0.25) is 5.02 Å². The van der Waals surface area contributed by atoms with Gasteiger partial charge in [-0.05, 0) is 62.2 Å². The Labute approximate surface area is 206 Å². The largest absolute Gasteiger partial charge is 0.497 e. The summed E-state index contributed by atoms with van der Waals surface area (Å²) in [6.45, 7) is 5.12. The molecule has 2 rings (SSSR count). The Bertz CT molecular complexity index is 1070. The van der Waals surface area contributed by atoms with Crippen molar-refractivity contribution in [1.29, 1.82) is 0 Å². The van der Waals surface area contributed by atoms with Gasteiger partial charge in [-0.1, -0.05) is 30.7 Å². The summed E-state index contributed by atoms with van der Waals surface area (Å²) in [6.07, 6.45) is 1.77. The molecule has 2 atom stereocenters. The molecule has 186 valence electrons. The summed E-state index contributed by atoms with van der Waals surface area (Å²) in [7, 11) is -2.23. The molecule has 0 radical (unpaired) electrons. The van der Waals surface area contributed by atoms with Crippen LogP contribution in [-0.4, -0.2) is 57.1 Å². The fourth-order valence-corrected chi connectivity index (χ4v) is 4.17. The fourth-order valence-electron chi connectivity index (χ4n) is 3.20. The van der Waals surface area contributed by atoms with E-state index in [-0.39, 0.29) is 18.5 Å². The maximum Gasteiger partial charge on any atom is 0.244 e. The second-order valence-corrected chi connectivity index (χ2v) is 10.5. The van der Waals surface area contributed by atoms with Gasteiger partial charge in [0.15, 0.2) is 0 Å². The normalized spacial score (nSPS) is 13.0. The number of ether oxygens (including phenoxy) is 1. The van der Waals surface area contributed by atoms with Crippen LogP contribution in [0.25, 0.3) is 0 Å². The average molecular weight is 510 g/mol. The molecule has 0 heterocycles. The van der Waals surface area contributed by atoms with Gasteiger partial charge < -0.3 is 15.0 Å². The lowest BCUT2D eigenvalue weighted by Crippen LogP contribution is -2.52. The lowest BCUT2D eigenvalue weighted by atomic mass is 10.1. The standard InChI is InChI=1S/C24H32ClN3O5S/c1-6-17(2)26-24(30)18(3)27(15-19-7-13-22(33-4)14-8-19)23(29)16-28(34(5,31)32)21-11-9-20(25)10-12-21/h7-14,17-18H,6,15-16H2,1-5H3,(H,26,30)/t17-,18-/m0/s1. The minimum atomic E-state index is -3.78. The van der Waals surface area contributed by atoms with E-state index in [9.17, 15) is 18.0 Å². The molecule has 8 nitrogen and oxygen atoms in total. The molecular weight excluding hydrogens is 478 g/mol. The molecule has 0 bridgehead atoms. The third kappa shape index (κ3) is 7.63. The zero-order valence-corrected chi connectivity index (χ0v) is 21.7. The predicted octanol–water partition coefficient (Wildman–Crippen LogP) is 3.45. The predicted molar refractivity (Wildman–Crippen MR) is 135 cm³/mol. The van der Waals surface area contributed by atoms with E-state index in [1.807, 2.05) is 13.8 Å². The van der Waals surface area contributed by atoms with E-state index < -0.39 is 28.5 Å². The number of halogens is 1. The zero-order chi connectivity index (χ0) is 25.5. The van der Waals surface area contributed by atoms with Crippen LogP contribution in [0.15, 0.2) is 48.5 Å². The number of carbonyl (C=O) groups is 2. The van der Waals surface area contributed by atoms with Gasteiger partial charge in [-0.25, -0.2) is 8.42 Å². The van der Waals surface area contributed by atoms with Crippen LogP contribution in [0.3, 0.4) is 0 Å². The molecule has 0 aliphatic heterocycles. The maximum absolute atomic E-state index is 13.5. The van der Waals surface area contributed by atoms with Crippen LogP contribution in [0.4, 0.5) is 5.69 Å². The number of methoxy groups -OCH3 is 1. The number of amides is 2. The Morgan fingerprint density at radius 1 is 1.06 bits per heavy atom. The minimum absolute atomic E-state index is 0.0607. The Hall–Kier alpha value is -2.78. The molecule has 0 saturated heterocycles. The molecule has 0 aliphatic rings. The summed E-state index contributed by atoms with van der Waals surface area (Å²) in [5.74, 6) is -0.160. The van der Waals surface area contributed by atoms with Crippen molar-refractivity contribution in [2.45, 2.75) is 45.8 Å². The van der Waals surface area contributed by atoms with Gasteiger partial charge in [0.1, 0.15) is 18.3 Å².